The van der Waals surface area contributed by atoms with Crippen LogP contribution < -0.4 is 10.6 Å². The van der Waals surface area contributed by atoms with Crippen LogP contribution in [0.15, 0.2) is 54.9 Å². The van der Waals surface area contributed by atoms with E-state index in [0.717, 1.165) is 24.5 Å². The van der Waals surface area contributed by atoms with E-state index in [1.165, 1.54) is 12.1 Å². The molecule has 8 heteroatoms. The summed E-state index contributed by atoms with van der Waals surface area (Å²) in [6.45, 7) is 0. The van der Waals surface area contributed by atoms with Gasteiger partial charge in [0, 0.05) is 30.1 Å². The first-order chi connectivity index (χ1) is 13.0. The molecule has 1 aliphatic rings. The Balaban J connectivity index is 1.72. The van der Waals surface area contributed by atoms with Crippen LogP contribution in [0.4, 0.5) is 30.6 Å². The molecule has 0 spiro atoms. The number of pyridine rings is 1. The maximum atomic E-state index is 13.3. The van der Waals surface area contributed by atoms with Crippen molar-refractivity contribution in [1.29, 1.82) is 0 Å². The quantitative estimate of drug-likeness (QED) is 0.670. The number of nitrogens with zero attached hydrogens (tertiary/aromatic N) is 3. The molecule has 138 valence electrons. The molecular formula is C19H16F3N5. The number of alkyl halides is 3. The molecule has 5 nitrogen and oxygen atoms in total. The Bertz CT molecular complexity index is 940. The number of benzene rings is 1. The minimum absolute atomic E-state index is 0.0539. The zero-order valence-electron chi connectivity index (χ0n) is 14.2. The van der Waals surface area contributed by atoms with Crippen molar-refractivity contribution in [2.75, 3.05) is 10.6 Å². The number of hydrogen-bond acceptors (Lipinski definition) is 5. The molecule has 3 aromatic rings. The van der Waals surface area contributed by atoms with Gasteiger partial charge in [-0.2, -0.15) is 18.2 Å². The van der Waals surface area contributed by atoms with Crippen LogP contribution in [0.5, 0.6) is 0 Å². The SMILES string of the molecule is FC(F)(F)c1ccccc1Nc1cc(-c2ccncc2)nc(NC2CC2)n1. The number of halogens is 3. The van der Waals surface area contributed by atoms with Gasteiger partial charge < -0.3 is 10.6 Å². The molecule has 1 aromatic carbocycles. The van der Waals surface area contributed by atoms with Gasteiger partial charge in [0.25, 0.3) is 0 Å². The van der Waals surface area contributed by atoms with E-state index in [1.54, 1.807) is 36.7 Å². The van der Waals surface area contributed by atoms with E-state index < -0.39 is 11.7 Å². The Morgan fingerprint density at radius 2 is 1.70 bits per heavy atom. The number of hydrogen-bond donors (Lipinski definition) is 2. The predicted octanol–water partition coefficient (Wildman–Crippen LogP) is 4.88. The molecule has 0 atom stereocenters. The fourth-order valence-corrected chi connectivity index (χ4v) is 2.63. The smallest absolute Gasteiger partial charge is 0.351 e. The number of rotatable bonds is 5. The fraction of sp³-hybridized carbons (Fsp3) is 0.211. The molecule has 0 unspecified atom stereocenters. The average molecular weight is 371 g/mol. The molecular weight excluding hydrogens is 355 g/mol. The van der Waals surface area contributed by atoms with Crippen molar-refractivity contribution in [3.8, 4) is 11.3 Å². The number of aromatic nitrogens is 3. The summed E-state index contributed by atoms with van der Waals surface area (Å²) in [6, 6.07) is 10.8. The van der Waals surface area contributed by atoms with E-state index in [9.17, 15) is 13.2 Å². The summed E-state index contributed by atoms with van der Waals surface area (Å²) in [6.07, 6.45) is 0.875. The molecule has 4 rings (SSSR count). The normalized spacial score (nSPS) is 14.0. The van der Waals surface area contributed by atoms with Crippen molar-refractivity contribution < 1.29 is 13.2 Å². The zero-order chi connectivity index (χ0) is 18.9. The highest BCUT2D eigenvalue weighted by Gasteiger charge is 2.33. The van der Waals surface area contributed by atoms with E-state index in [0.29, 0.717) is 17.7 Å². The van der Waals surface area contributed by atoms with Crippen LogP contribution in [0, 0.1) is 0 Å². The van der Waals surface area contributed by atoms with Crippen molar-refractivity contribution >= 4 is 17.5 Å². The molecule has 2 heterocycles. The summed E-state index contributed by atoms with van der Waals surface area (Å²) < 4.78 is 39.8. The minimum atomic E-state index is -4.46. The van der Waals surface area contributed by atoms with Gasteiger partial charge in [-0.1, -0.05) is 12.1 Å². The average Bonchev–Trinajstić information content (AvgIpc) is 3.46. The summed E-state index contributed by atoms with van der Waals surface area (Å²) in [7, 11) is 0. The maximum absolute atomic E-state index is 13.3. The highest BCUT2D eigenvalue weighted by atomic mass is 19.4. The Morgan fingerprint density at radius 1 is 0.963 bits per heavy atom. The van der Waals surface area contributed by atoms with Gasteiger partial charge in [-0.3, -0.25) is 4.98 Å². The lowest BCUT2D eigenvalue weighted by Gasteiger charge is -2.15. The highest BCUT2D eigenvalue weighted by Crippen LogP contribution is 2.36. The lowest BCUT2D eigenvalue weighted by Crippen LogP contribution is -2.11. The molecule has 0 radical (unpaired) electrons. The van der Waals surface area contributed by atoms with Crippen molar-refractivity contribution in [3.05, 3.63) is 60.4 Å². The second-order valence-corrected chi connectivity index (χ2v) is 6.28. The van der Waals surface area contributed by atoms with Crippen LogP contribution >= 0.6 is 0 Å². The van der Waals surface area contributed by atoms with Crippen LogP contribution in [-0.2, 0) is 6.18 Å². The lowest BCUT2D eigenvalue weighted by molar-refractivity contribution is -0.136. The third kappa shape index (κ3) is 4.16. The van der Waals surface area contributed by atoms with E-state index >= 15 is 0 Å². The van der Waals surface area contributed by atoms with Crippen LogP contribution in [0.25, 0.3) is 11.3 Å². The van der Waals surface area contributed by atoms with Crippen LogP contribution in [0.3, 0.4) is 0 Å². The molecule has 0 bridgehead atoms. The fourth-order valence-electron chi connectivity index (χ4n) is 2.63. The Labute approximate surface area is 153 Å². The zero-order valence-corrected chi connectivity index (χ0v) is 14.2. The second-order valence-electron chi connectivity index (χ2n) is 6.28. The summed E-state index contributed by atoms with van der Waals surface area (Å²) in [5.74, 6) is 0.676. The van der Waals surface area contributed by atoms with Gasteiger partial charge in [-0.05, 0) is 37.1 Å². The largest absolute Gasteiger partial charge is 0.418 e. The molecule has 2 aromatic heterocycles. The lowest BCUT2D eigenvalue weighted by atomic mass is 10.1. The summed E-state index contributed by atoms with van der Waals surface area (Å²) in [4.78, 5) is 12.8. The Morgan fingerprint density at radius 3 is 2.41 bits per heavy atom. The van der Waals surface area contributed by atoms with Gasteiger partial charge in [0.1, 0.15) is 5.82 Å². The van der Waals surface area contributed by atoms with Gasteiger partial charge >= 0.3 is 6.18 Å². The molecule has 1 saturated carbocycles. The number of nitrogens with one attached hydrogen (secondary N) is 2. The topological polar surface area (TPSA) is 62.7 Å². The molecule has 2 N–H and O–H groups in total. The van der Waals surface area contributed by atoms with E-state index in [1.807, 2.05) is 0 Å². The molecule has 0 aliphatic heterocycles. The number of para-hydroxylation sites is 1. The van der Waals surface area contributed by atoms with Crippen molar-refractivity contribution in [3.63, 3.8) is 0 Å². The van der Waals surface area contributed by atoms with E-state index in [4.69, 9.17) is 0 Å². The maximum Gasteiger partial charge on any atom is 0.418 e. The summed E-state index contributed by atoms with van der Waals surface area (Å²) in [5.41, 5.74) is 0.605. The monoisotopic (exact) mass is 371 g/mol. The van der Waals surface area contributed by atoms with Gasteiger partial charge in [-0.25, -0.2) is 4.98 Å². The first-order valence-corrected chi connectivity index (χ1v) is 8.48. The van der Waals surface area contributed by atoms with Crippen molar-refractivity contribution in [1.82, 2.24) is 15.0 Å². The van der Waals surface area contributed by atoms with E-state index in [-0.39, 0.29) is 11.5 Å². The van der Waals surface area contributed by atoms with E-state index in [2.05, 4.69) is 25.6 Å². The summed E-state index contributed by atoms with van der Waals surface area (Å²) >= 11 is 0. The first kappa shape index (κ1) is 17.3. The third-order valence-corrected chi connectivity index (χ3v) is 4.11. The molecule has 0 saturated heterocycles. The van der Waals surface area contributed by atoms with Gasteiger partial charge in [-0.15, -0.1) is 0 Å². The molecule has 27 heavy (non-hydrogen) atoms. The number of anilines is 3. The van der Waals surface area contributed by atoms with Gasteiger partial charge in [0.05, 0.1) is 16.9 Å². The standard InChI is InChI=1S/C19H16F3N5/c20-19(21,22)14-3-1-2-4-15(14)25-17-11-16(12-7-9-23-10-8-12)26-18(27-17)24-13-5-6-13/h1-4,7-11,13H,5-6H2,(H2,24,25,26,27). The van der Waals surface area contributed by atoms with Crippen LogP contribution in [0.1, 0.15) is 18.4 Å². The van der Waals surface area contributed by atoms with Crippen molar-refractivity contribution in [2.45, 2.75) is 25.1 Å². The minimum Gasteiger partial charge on any atom is -0.351 e. The predicted molar refractivity (Wildman–Crippen MR) is 96.6 cm³/mol. The molecule has 1 fully saturated rings. The van der Waals surface area contributed by atoms with Crippen LogP contribution in [-0.4, -0.2) is 21.0 Å². The molecule has 0 amide bonds. The van der Waals surface area contributed by atoms with Gasteiger partial charge in [0.15, 0.2) is 0 Å². The Kier molecular flexibility index (Phi) is 4.39. The molecule has 1 aliphatic carbocycles. The summed E-state index contributed by atoms with van der Waals surface area (Å²) in [5, 5.41) is 5.99. The van der Waals surface area contributed by atoms with Crippen LogP contribution in [0.2, 0.25) is 0 Å². The highest BCUT2D eigenvalue weighted by molar-refractivity contribution is 5.68. The Hall–Kier alpha value is -3.16. The first-order valence-electron chi connectivity index (χ1n) is 8.48. The third-order valence-electron chi connectivity index (χ3n) is 4.11. The second kappa shape index (κ2) is 6.86. The van der Waals surface area contributed by atoms with Crippen molar-refractivity contribution in [2.24, 2.45) is 0 Å². The van der Waals surface area contributed by atoms with Gasteiger partial charge in [0.2, 0.25) is 5.95 Å².